The molecule has 2 aromatic rings. The van der Waals surface area contributed by atoms with Crippen LogP contribution in [0.25, 0.3) is 0 Å². The topological polar surface area (TPSA) is 70.5 Å². The molecule has 1 unspecified atom stereocenters. The van der Waals surface area contributed by atoms with Crippen LogP contribution < -0.4 is 0 Å². The van der Waals surface area contributed by atoms with E-state index in [0.29, 0.717) is 24.6 Å². The minimum Gasteiger partial charge on any atom is -0.477 e. The molecule has 1 aromatic carbocycles. The van der Waals surface area contributed by atoms with Crippen molar-refractivity contribution in [2.45, 2.75) is 12.3 Å². The molecule has 5 heteroatoms. The molecule has 0 saturated carbocycles. The molecule has 0 spiro atoms. The third kappa shape index (κ3) is 2.83. The van der Waals surface area contributed by atoms with E-state index in [-0.39, 0.29) is 11.6 Å². The maximum Gasteiger partial charge on any atom is 0.354 e. The fourth-order valence-corrected chi connectivity index (χ4v) is 2.77. The number of pyridine rings is 1. The highest BCUT2D eigenvalue weighted by atomic mass is 16.4. The number of nitrogens with zero attached hydrogens (tertiary/aromatic N) is 2. The maximum absolute atomic E-state index is 12.4. The molecule has 112 valence electrons. The summed E-state index contributed by atoms with van der Waals surface area (Å²) in [5, 5.41) is 8.83. The molecule has 1 amide bonds. The van der Waals surface area contributed by atoms with Crippen molar-refractivity contribution in [1.29, 1.82) is 0 Å². The average molecular weight is 296 g/mol. The van der Waals surface area contributed by atoms with Gasteiger partial charge in [0.15, 0.2) is 0 Å². The van der Waals surface area contributed by atoms with E-state index in [1.54, 1.807) is 4.90 Å². The highest BCUT2D eigenvalue weighted by Gasteiger charge is 2.28. The first-order valence-electron chi connectivity index (χ1n) is 7.18. The number of hydrogen-bond donors (Lipinski definition) is 1. The third-order valence-electron chi connectivity index (χ3n) is 3.98. The minimum atomic E-state index is -1.09. The van der Waals surface area contributed by atoms with Gasteiger partial charge in [0.25, 0.3) is 5.91 Å². The molecule has 2 heterocycles. The number of carbonyl (C=O) groups excluding carboxylic acids is 1. The Bertz CT molecular complexity index is 683. The summed E-state index contributed by atoms with van der Waals surface area (Å²) in [7, 11) is 0. The summed E-state index contributed by atoms with van der Waals surface area (Å²) in [4.78, 5) is 28.8. The van der Waals surface area contributed by atoms with Crippen LogP contribution in [0.4, 0.5) is 0 Å². The van der Waals surface area contributed by atoms with Crippen molar-refractivity contribution in [3.8, 4) is 0 Å². The SMILES string of the molecule is O=C(O)c1ccc(C(=O)N2CCC(c3ccccc3)C2)cn1. The molecule has 1 aliphatic heterocycles. The number of rotatable bonds is 3. The number of hydrogen-bond acceptors (Lipinski definition) is 3. The Morgan fingerprint density at radius 3 is 2.55 bits per heavy atom. The van der Waals surface area contributed by atoms with E-state index in [4.69, 9.17) is 5.11 Å². The number of benzene rings is 1. The van der Waals surface area contributed by atoms with E-state index in [1.165, 1.54) is 23.9 Å². The lowest BCUT2D eigenvalue weighted by Crippen LogP contribution is -2.28. The second kappa shape index (κ2) is 5.97. The fraction of sp³-hybridized carbons (Fsp3) is 0.235. The Morgan fingerprint density at radius 1 is 1.14 bits per heavy atom. The number of aromatic carboxylic acids is 1. The summed E-state index contributed by atoms with van der Waals surface area (Å²) in [6.45, 7) is 1.39. The zero-order valence-corrected chi connectivity index (χ0v) is 12.0. The Hall–Kier alpha value is -2.69. The predicted molar refractivity (Wildman–Crippen MR) is 80.9 cm³/mol. The van der Waals surface area contributed by atoms with Crippen LogP contribution in [-0.4, -0.2) is 40.0 Å². The minimum absolute atomic E-state index is 0.0554. The van der Waals surface area contributed by atoms with E-state index in [0.717, 1.165) is 6.42 Å². The van der Waals surface area contributed by atoms with Crippen molar-refractivity contribution in [2.24, 2.45) is 0 Å². The van der Waals surface area contributed by atoms with Crippen LogP contribution in [0.1, 0.15) is 38.7 Å². The normalized spacial score (nSPS) is 17.5. The van der Waals surface area contributed by atoms with Gasteiger partial charge in [0.2, 0.25) is 0 Å². The number of amides is 1. The molecule has 1 atom stereocenters. The first-order valence-corrected chi connectivity index (χ1v) is 7.18. The molecule has 1 saturated heterocycles. The van der Waals surface area contributed by atoms with E-state index in [1.807, 2.05) is 18.2 Å². The quantitative estimate of drug-likeness (QED) is 0.944. The second-order valence-corrected chi connectivity index (χ2v) is 5.38. The van der Waals surface area contributed by atoms with Gasteiger partial charge in [0, 0.05) is 25.2 Å². The predicted octanol–water partition coefficient (Wildman–Crippen LogP) is 2.41. The number of aromatic nitrogens is 1. The Labute approximate surface area is 128 Å². The van der Waals surface area contributed by atoms with Crippen LogP contribution in [0.5, 0.6) is 0 Å². The Balaban J connectivity index is 1.70. The molecule has 1 aliphatic rings. The lowest BCUT2D eigenvalue weighted by molar-refractivity contribution is 0.0688. The summed E-state index contributed by atoms with van der Waals surface area (Å²) in [6.07, 6.45) is 2.28. The molecule has 1 fully saturated rings. The molecule has 5 nitrogen and oxygen atoms in total. The van der Waals surface area contributed by atoms with Gasteiger partial charge >= 0.3 is 5.97 Å². The Morgan fingerprint density at radius 2 is 1.91 bits per heavy atom. The van der Waals surface area contributed by atoms with Gasteiger partial charge in [0.05, 0.1) is 5.56 Å². The third-order valence-corrected chi connectivity index (χ3v) is 3.98. The van der Waals surface area contributed by atoms with E-state index in [2.05, 4.69) is 17.1 Å². The fourth-order valence-electron chi connectivity index (χ4n) is 2.77. The summed E-state index contributed by atoms with van der Waals surface area (Å²) in [6, 6.07) is 13.1. The van der Waals surface area contributed by atoms with E-state index < -0.39 is 5.97 Å². The van der Waals surface area contributed by atoms with Gasteiger partial charge in [-0.05, 0) is 24.1 Å². The van der Waals surface area contributed by atoms with Gasteiger partial charge in [-0.2, -0.15) is 0 Å². The van der Waals surface area contributed by atoms with Crippen LogP contribution in [-0.2, 0) is 0 Å². The smallest absolute Gasteiger partial charge is 0.354 e. The first kappa shape index (κ1) is 14.3. The highest BCUT2D eigenvalue weighted by molar-refractivity contribution is 5.95. The summed E-state index contributed by atoms with van der Waals surface area (Å²) < 4.78 is 0. The van der Waals surface area contributed by atoms with Gasteiger partial charge in [-0.1, -0.05) is 30.3 Å². The van der Waals surface area contributed by atoms with Gasteiger partial charge in [-0.15, -0.1) is 0 Å². The van der Waals surface area contributed by atoms with Gasteiger partial charge < -0.3 is 10.0 Å². The maximum atomic E-state index is 12.4. The Kier molecular flexibility index (Phi) is 3.87. The molecular formula is C17H16N2O3. The zero-order chi connectivity index (χ0) is 15.5. The van der Waals surface area contributed by atoms with Crippen molar-refractivity contribution in [1.82, 2.24) is 9.88 Å². The van der Waals surface area contributed by atoms with Crippen LogP contribution in [0, 0.1) is 0 Å². The largest absolute Gasteiger partial charge is 0.477 e. The first-order chi connectivity index (χ1) is 10.6. The van der Waals surface area contributed by atoms with Crippen molar-refractivity contribution < 1.29 is 14.7 Å². The van der Waals surface area contributed by atoms with Crippen molar-refractivity contribution >= 4 is 11.9 Å². The summed E-state index contributed by atoms with van der Waals surface area (Å²) in [5.41, 5.74) is 1.62. The molecule has 3 rings (SSSR count). The number of likely N-dealkylation sites (tertiary alicyclic amines) is 1. The molecule has 1 N–H and O–H groups in total. The van der Waals surface area contributed by atoms with Crippen LogP contribution in [0.2, 0.25) is 0 Å². The van der Waals surface area contributed by atoms with Crippen LogP contribution >= 0.6 is 0 Å². The molecule has 0 aliphatic carbocycles. The van der Waals surface area contributed by atoms with Gasteiger partial charge in [0.1, 0.15) is 5.69 Å². The van der Waals surface area contributed by atoms with Crippen molar-refractivity contribution in [3.63, 3.8) is 0 Å². The molecule has 1 aromatic heterocycles. The van der Waals surface area contributed by atoms with E-state index in [9.17, 15) is 9.59 Å². The molecule has 0 radical (unpaired) electrons. The zero-order valence-electron chi connectivity index (χ0n) is 12.0. The highest BCUT2D eigenvalue weighted by Crippen LogP contribution is 2.27. The summed E-state index contributed by atoms with van der Waals surface area (Å²) >= 11 is 0. The van der Waals surface area contributed by atoms with Crippen LogP contribution in [0.15, 0.2) is 48.7 Å². The van der Waals surface area contributed by atoms with Crippen molar-refractivity contribution in [3.05, 3.63) is 65.5 Å². The summed E-state index contributed by atoms with van der Waals surface area (Å²) in [5.74, 6) is -0.830. The lowest BCUT2D eigenvalue weighted by Gasteiger charge is -2.16. The molecule has 22 heavy (non-hydrogen) atoms. The average Bonchev–Trinajstić information content (AvgIpc) is 3.05. The second-order valence-electron chi connectivity index (χ2n) is 5.38. The van der Waals surface area contributed by atoms with Crippen LogP contribution in [0.3, 0.4) is 0 Å². The van der Waals surface area contributed by atoms with Crippen molar-refractivity contribution in [2.75, 3.05) is 13.1 Å². The van der Waals surface area contributed by atoms with Gasteiger partial charge in [-0.3, -0.25) is 4.79 Å². The number of carboxylic acids is 1. The molecule has 0 bridgehead atoms. The number of carboxylic acid groups (broad SMARTS) is 1. The lowest BCUT2D eigenvalue weighted by atomic mass is 9.99. The van der Waals surface area contributed by atoms with E-state index >= 15 is 0 Å². The molecular weight excluding hydrogens is 280 g/mol. The van der Waals surface area contributed by atoms with Gasteiger partial charge in [-0.25, -0.2) is 9.78 Å². The standard InChI is InChI=1S/C17H16N2O3/c20-16(13-6-7-15(17(21)22)18-10-13)19-9-8-14(11-19)12-4-2-1-3-5-12/h1-7,10,14H,8-9,11H2,(H,21,22). The number of carbonyl (C=O) groups is 2. The monoisotopic (exact) mass is 296 g/mol.